The quantitative estimate of drug-likeness (QED) is 0.555. The molecule has 2 N–H and O–H groups in total. The zero-order chi connectivity index (χ0) is 20.0. The molecular weight excluding hydrogens is 372 g/mol. The van der Waals surface area contributed by atoms with Gasteiger partial charge in [0.1, 0.15) is 11.3 Å². The van der Waals surface area contributed by atoms with Gasteiger partial charge in [-0.1, -0.05) is 0 Å². The van der Waals surface area contributed by atoms with E-state index < -0.39 is 0 Å². The summed E-state index contributed by atoms with van der Waals surface area (Å²) < 4.78 is 12.8. The molecule has 5 rings (SSSR count). The number of nitrogens with zero attached hydrogens (tertiary/aromatic N) is 4. The van der Waals surface area contributed by atoms with Gasteiger partial charge in [-0.15, -0.1) is 0 Å². The van der Waals surface area contributed by atoms with Crippen LogP contribution in [0.2, 0.25) is 0 Å². The molecule has 2 aromatic carbocycles. The molecule has 0 fully saturated rings. The second kappa shape index (κ2) is 6.62. The number of hydrogen-bond donors (Lipinski definition) is 2. The van der Waals surface area contributed by atoms with Crippen molar-refractivity contribution in [3.05, 3.63) is 47.8 Å². The van der Waals surface area contributed by atoms with E-state index in [0.29, 0.717) is 34.7 Å². The maximum absolute atomic E-state index is 12.9. The van der Waals surface area contributed by atoms with Gasteiger partial charge in [-0.3, -0.25) is 9.36 Å². The highest BCUT2D eigenvalue weighted by molar-refractivity contribution is 5.98. The van der Waals surface area contributed by atoms with Crippen molar-refractivity contribution < 1.29 is 14.3 Å². The van der Waals surface area contributed by atoms with Crippen molar-refractivity contribution in [1.29, 1.82) is 0 Å². The first-order chi connectivity index (χ1) is 14.2. The molecule has 29 heavy (non-hydrogen) atoms. The van der Waals surface area contributed by atoms with Crippen LogP contribution in [0.15, 0.2) is 41.7 Å². The van der Waals surface area contributed by atoms with Crippen molar-refractivity contribution in [1.82, 2.24) is 19.5 Å². The molecule has 4 aromatic rings. The number of benzene rings is 2. The number of hydrogen-bond acceptors (Lipinski definition) is 6. The molecule has 0 bridgehead atoms. The number of fused-ring (bicyclic) bond motifs is 4. The maximum Gasteiger partial charge on any atom is 0.280 e. The summed E-state index contributed by atoms with van der Waals surface area (Å²) in [5.74, 6) is 1.55. The number of imidazole rings is 1. The third-order valence-electron chi connectivity index (χ3n) is 4.99. The SMILES string of the molecule is COc1ccc2c3n(c(=NC(=O)c4ccc5nc[nH]c5c4)nc2c1OC)CCN3. The summed E-state index contributed by atoms with van der Waals surface area (Å²) in [5.41, 5.74) is 2.94. The van der Waals surface area contributed by atoms with Gasteiger partial charge < -0.3 is 19.8 Å². The molecule has 146 valence electrons. The second-order valence-corrected chi connectivity index (χ2v) is 6.59. The Morgan fingerprint density at radius 2 is 2.10 bits per heavy atom. The number of ether oxygens (including phenoxy) is 2. The zero-order valence-electron chi connectivity index (χ0n) is 15.9. The van der Waals surface area contributed by atoms with Crippen LogP contribution in [0.4, 0.5) is 5.82 Å². The predicted octanol–water partition coefficient (Wildman–Crippen LogP) is 2.10. The van der Waals surface area contributed by atoms with E-state index in [9.17, 15) is 4.79 Å². The van der Waals surface area contributed by atoms with Gasteiger partial charge >= 0.3 is 0 Å². The molecule has 0 spiro atoms. The van der Waals surface area contributed by atoms with Crippen LogP contribution in [0.1, 0.15) is 10.4 Å². The third-order valence-corrected chi connectivity index (χ3v) is 4.99. The molecule has 3 heterocycles. The molecule has 0 radical (unpaired) electrons. The van der Waals surface area contributed by atoms with Crippen LogP contribution in [-0.4, -0.2) is 46.2 Å². The lowest BCUT2D eigenvalue weighted by Crippen LogP contribution is -2.25. The van der Waals surface area contributed by atoms with E-state index in [2.05, 4.69) is 25.3 Å². The van der Waals surface area contributed by atoms with Crippen LogP contribution in [0.3, 0.4) is 0 Å². The van der Waals surface area contributed by atoms with Crippen molar-refractivity contribution in [2.24, 2.45) is 4.99 Å². The summed E-state index contributed by atoms with van der Waals surface area (Å²) in [7, 11) is 3.14. The minimum absolute atomic E-state index is 0.318. The molecule has 1 aliphatic rings. The average molecular weight is 390 g/mol. The summed E-state index contributed by atoms with van der Waals surface area (Å²) in [6, 6.07) is 9.00. The zero-order valence-corrected chi connectivity index (χ0v) is 15.9. The lowest BCUT2D eigenvalue weighted by Gasteiger charge is -2.13. The second-order valence-electron chi connectivity index (χ2n) is 6.59. The van der Waals surface area contributed by atoms with E-state index in [4.69, 9.17) is 9.47 Å². The van der Waals surface area contributed by atoms with Crippen molar-refractivity contribution in [3.8, 4) is 11.5 Å². The highest BCUT2D eigenvalue weighted by Gasteiger charge is 2.20. The Morgan fingerprint density at radius 3 is 2.93 bits per heavy atom. The predicted molar refractivity (Wildman–Crippen MR) is 107 cm³/mol. The molecule has 1 aliphatic heterocycles. The smallest absolute Gasteiger partial charge is 0.280 e. The number of aromatic nitrogens is 4. The molecule has 9 nitrogen and oxygen atoms in total. The van der Waals surface area contributed by atoms with Crippen LogP contribution in [0.25, 0.3) is 21.9 Å². The Morgan fingerprint density at radius 1 is 1.21 bits per heavy atom. The Balaban J connectivity index is 1.72. The first-order valence-electron chi connectivity index (χ1n) is 9.11. The van der Waals surface area contributed by atoms with Crippen LogP contribution in [0, 0.1) is 0 Å². The molecule has 0 saturated heterocycles. The monoisotopic (exact) mass is 390 g/mol. The van der Waals surface area contributed by atoms with Crippen molar-refractivity contribution in [2.75, 3.05) is 26.1 Å². The molecule has 2 aromatic heterocycles. The number of nitrogens with one attached hydrogen (secondary N) is 2. The minimum Gasteiger partial charge on any atom is -0.493 e. The van der Waals surface area contributed by atoms with Crippen LogP contribution >= 0.6 is 0 Å². The Bertz CT molecular complexity index is 1340. The van der Waals surface area contributed by atoms with E-state index in [1.165, 1.54) is 0 Å². The molecule has 0 unspecified atom stereocenters. The van der Waals surface area contributed by atoms with Crippen LogP contribution in [-0.2, 0) is 6.54 Å². The Labute approximate surface area is 165 Å². The number of rotatable bonds is 3. The highest BCUT2D eigenvalue weighted by atomic mass is 16.5. The molecule has 0 saturated carbocycles. The molecular formula is C20H18N6O3. The van der Waals surface area contributed by atoms with Gasteiger partial charge in [0.15, 0.2) is 11.5 Å². The number of carbonyl (C=O) groups is 1. The van der Waals surface area contributed by atoms with Gasteiger partial charge in [0.05, 0.1) is 31.6 Å². The Kier molecular flexibility index (Phi) is 3.94. The summed E-state index contributed by atoms with van der Waals surface area (Å²) >= 11 is 0. The number of amides is 1. The standard InChI is InChI=1S/C20H18N6O3/c1-28-15-6-4-12-16(17(15)29-2)24-20(26-8-7-21-18(12)26)25-19(27)11-3-5-13-14(9-11)23-10-22-13/h3-6,9-10,21H,7-8H2,1-2H3,(H,22,23). The van der Waals surface area contributed by atoms with Gasteiger partial charge in [-0.2, -0.15) is 4.99 Å². The summed E-state index contributed by atoms with van der Waals surface area (Å²) in [4.78, 5) is 29.0. The van der Waals surface area contributed by atoms with E-state index in [1.54, 1.807) is 38.7 Å². The van der Waals surface area contributed by atoms with Gasteiger partial charge in [0, 0.05) is 24.0 Å². The number of aromatic amines is 1. The van der Waals surface area contributed by atoms with Gasteiger partial charge in [0.25, 0.3) is 5.91 Å². The first kappa shape index (κ1) is 17.2. The average Bonchev–Trinajstić information content (AvgIpc) is 3.41. The lowest BCUT2D eigenvalue weighted by atomic mass is 10.2. The van der Waals surface area contributed by atoms with Crippen molar-refractivity contribution in [2.45, 2.75) is 6.54 Å². The summed E-state index contributed by atoms with van der Waals surface area (Å²) in [5, 5.41) is 4.23. The number of anilines is 1. The normalized spacial score (nSPS) is 13.5. The molecule has 9 heteroatoms. The molecule has 0 aliphatic carbocycles. The number of carbonyl (C=O) groups excluding carboxylic acids is 1. The molecule has 0 atom stereocenters. The van der Waals surface area contributed by atoms with Crippen molar-refractivity contribution in [3.63, 3.8) is 0 Å². The summed E-state index contributed by atoms with van der Waals surface area (Å²) in [6.07, 6.45) is 1.59. The fourth-order valence-corrected chi connectivity index (χ4v) is 3.62. The van der Waals surface area contributed by atoms with Gasteiger partial charge in [0.2, 0.25) is 5.62 Å². The number of methoxy groups -OCH3 is 2. The largest absolute Gasteiger partial charge is 0.493 e. The maximum atomic E-state index is 12.9. The van der Waals surface area contributed by atoms with Crippen LogP contribution in [0.5, 0.6) is 11.5 Å². The fraction of sp³-hybridized carbons (Fsp3) is 0.200. The third kappa shape index (κ3) is 2.70. The minimum atomic E-state index is -0.378. The van der Waals surface area contributed by atoms with Gasteiger partial charge in [-0.05, 0) is 30.3 Å². The summed E-state index contributed by atoms with van der Waals surface area (Å²) in [6.45, 7) is 1.39. The van der Waals surface area contributed by atoms with E-state index in [0.717, 1.165) is 28.8 Å². The fourth-order valence-electron chi connectivity index (χ4n) is 3.62. The molecule has 1 amide bonds. The lowest BCUT2D eigenvalue weighted by molar-refractivity contribution is 0.0996. The van der Waals surface area contributed by atoms with Gasteiger partial charge in [-0.25, -0.2) is 9.97 Å². The first-order valence-corrected chi connectivity index (χ1v) is 9.11. The van der Waals surface area contributed by atoms with E-state index in [-0.39, 0.29) is 5.91 Å². The van der Waals surface area contributed by atoms with E-state index >= 15 is 0 Å². The number of H-pyrrole nitrogens is 1. The Hall–Kier alpha value is -3.88. The van der Waals surface area contributed by atoms with Crippen molar-refractivity contribution >= 4 is 33.7 Å². The topological polar surface area (TPSA) is 106 Å². The highest BCUT2D eigenvalue weighted by Crippen LogP contribution is 2.36. The van der Waals surface area contributed by atoms with Crippen LogP contribution < -0.4 is 20.4 Å². The van der Waals surface area contributed by atoms with E-state index in [1.807, 2.05) is 16.7 Å².